The lowest BCUT2D eigenvalue weighted by Crippen LogP contribution is -2.36. The molecule has 0 aliphatic carbocycles. The largest absolute Gasteiger partial charge is 0.349 e. The van der Waals surface area contributed by atoms with Crippen LogP contribution in [0.4, 0.5) is 0 Å². The van der Waals surface area contributed by atoms with E-state index in [1.807, 2.05) is 31.2 Å². The first-order valence-electron chi connectivity index (χ1n) is 6.94. The topological polar surface area (TPSA) is 70.7 Å². The summed E-state index contributed by atoms with van der Waals surface area (Å²) in [6, 6.07) is 7.83. The van der Waals surface area contributed by atoms with Crippen LogP contribution in [0.3, 0.4) is 0 Å². The molecule has 1 aromatic carbocycles. The average Bonchev–Trinajstić information content (AvgIpc) is 2.98. The molecule has 0 saturated carbocycles. The monoisotopic (exact) mass is 304 g/mol. The lowest BCUT2D eigenvalue weighted by Gasteiger charge is -2.17. The maximum absolute atomic E-state index is 12.1. The van der Waals surface area contributed by atoms with Crippen LogP contribution >= 0.6 is 11.8 Å². The van der Waals surface area contributed by atoms with E-state index in [2.05, 4.69) is 34.3 Å². The summed E-state index contributed by atoms with van der Waals surface area (Å²) >= 11 is 1.58. The number of rotatable bonds is 6. The first kappa shape index (κ1) is 15.6. The number of aromatic nitrogens is 3. The summed E-state index contributed by atoms with van der Waals surface area (Å²) < 4.78 is 0. The molecule has 1 amide bonds. The molecular weight excluding hydrogens is 284 g/mol. The molecule has 1 aromatic heterocycles. The van der Waals surface area contributed by atoms with Crippen molar-refractivity contribution in [2.24, 2.45) is 5.92 Å². The molecule has 2 aromatic rings. The van der Waals surface area contributed by atoms with E-state index in [0.717, 1.165) is 16.5 Å². The minimum absolute atomic E-state index is 0.0226. The molecule has 112 valence electrons. The number of nitrogens with zero attached hydrogens (tertiary/aromatic N) is 2. The van der Waals surface area contributed by atoms with E-state index in [-0.39, 0.29) is 11.9 Å². The molecular formula is C15H20N4OS. The van der Waals surface area contributed by atoms with Crippen LogP contribution in [0.5, 0.6) is 0 Å². The highest BCUT2D eigenvalue weighted by molar-refractivity contribution is 7.98. The minimum Gasteiger partial charge on any atom is -0.349 e. The number of amides is 1. The molecule has 0 spiro atoms. The molecule has 1 unspecified atom stereocenters. The zero-order valence-corrected chi connectivity index (χ0v) is 13.3. The lowest BCUT2D eigenvalue weighted by atomic mass is 10.1. The fourth-order valence-electron chi connectivity index (χ4n) is 1.62. The molecule has 2 rings (SSSR count). The SMILES string of the molecule is CC(C)C(C)NC(=O)c1ccc(CSc2ncn[nH]2)cc1. The van der Waals surface area contributed by atoms with E-state index in [4.69, 9.17) is 0 Å². The molecule has 1 atom stereocenters. The molecule has 0 saturated heterocycles. The first-order valence-corrected chi connectivity index (χ1v) is 7.93. The first-order chi connectivity index (χ1) is 10.1. The van der Waals surface area contributed by atoms with Crippen molar-refractivity contribution in [3.63, 3.8) is 0 Å². The van der Waals surface area contributed by atoms with E-state index >= 15 is 0 Å². The number of aromatic amines is 1. The number of thioether (sulfide) groups is 1. The maximum Gasteiger partial charge on any atom is 0.251 e. The van der Waals surface area contributed by atoms with Crippen molar-refractivity contribution in [3.05, 3.63) is 41.7 Å². The van der Waals surface area contributed by atoms with Crippen LogP contribution in [0.25, 0.3) is 0 Å². The minimum atomic E-state index is -0.0226. The van der Waals surface area contributed by atoms with Crippen LogP contribution in [0.2, 0.25) is 0 Å². The van der Waals surface area contributed by atoms with E-state index in [0.29, 0.717) is 11.5 Å². The Morgan fingerprint density at radius 3 is 2.57 bits per heavy atom. The Morgan fingerprint density at radius 2 is 2.00 bits per heavy atom. The summed E-state index contributed by atoms with van der Waals surface area (Å²) in [5.41, 5.74) is 1.83. The number of H-pyrrole nitrogens is 1. The predicted molar refractivity (Wildman–Crippen MR) is 84.2 cm³/mol. The highest BCUT2D eigenvalue weighted by Crippen LogP contribution is 2.18. The number of hydrogen-bond acceptors (Lipinski definition) is 4. The second-order valence-electron chi connectivity index (χ2n) is 5.28. The molecule has 0 bridgehead atoms. The van der Waals surface area contributed by atoms with E-state index < -0.39 is 0 Å². The Hall–Kier alpha value is -1.82. The molecule has 0 fully saturated rings. The van der Waals surface area contributed by atoms with Gasteiger partial charge in [-0.3, -0.25) is 9.89 Å². The van der Waals surface area contributed by atoms with Gasteiger partial charge in [0.25, 0.3) is 5.91 Å². The second kappa shape index (κ2) is 7.26. The van der Waals surface area contributed by atoms with Crippen LogP contribution < -0.4 is 5.32 Å². The Balaban J connectivity index is 1.90. The Kier molecular flexibility index (Phi) is 5.38. The predicted octanol–water partition coefficient (Wildman–Crippen LogP) is 2.87. The molecule has 0 radical (unpaired) electrons. The number of benzene rings is 1. The summed E-state index contributed by atoms with van der Waals surface area (Å²) in [6.45, 7) is 6.20. The molecule has 6 heteroatoms. The van der Waals surface area contributed by atoms with Crippen molar-refractivity contribution in [1.82, 2.24) is 20.5 Å². The van der Waals surface area contributed by atoms with Gasteiger partial charge in [0, 0.05) is 17.4 Å². The van der Waals surface area contributed by atoms with Crippen LogP contribution in [0, 0.1) is 5.92 Å². The lowest BCUT2D eigenvalue weighted by molar-refractivity contribution is 0.0930. The number of carbonyl (C=O) groups is 1. The van der Waals surface area contributed by atoms with Crippen LogP contribution in [-0.4, -0.2) is 27.1 Å². The number of carbonyl (C=O) groups excluding carboxylic acids is 1. The summed E-state index contributed by atoms with van der Waals surface area (Å²) in [5.74, 6) is 1.19. The quantitative estimate of drug-likeness (QED) is 0.805. The van der Waals surface area contributed by atoms with Gasteiger partial charge >= 0.3 is 0 Å². The van der Waals surface area contributed by atoms with Crippen molar-refractivity contribution in [2.75, 3.05) is 0 Å². The second-order valence-corrected chi connectivity index (χ2v) is 6.25. The van der Waals surface area contributed by atoms with Gasteiger partial charge in [-0.25, -0.2) is 4.98 Å². The summed E-state index contributed by atoms with van der Waals surface area (Å²) in [5, 5.41) is 10.4. The fourth-order valence-corrected chi connectivity index (χ4v) is 2.36. The zero-order valence-electron chi connectivity index (χ0n) is 12.5. The van der Waals surface area contributed by atoms with Gasteiger partial charge in [0.1, 0.15) is 6.33 Å². The smallest absolute Gasteiger partial charge is 0.251 e. The van der Waals surface area contributed by atoms with Crippen molar-refractivity contribution in [2.45, 2.75) is 37.7 Å². The fraction of sp³-hybridized carbons (Fsp3) is 0.400. The number of hydrogen-bond donors (Lipinski definition) is 2. The third-order valence-electron chi connectivity index (χ3n) is 3.34. The standard InChI is InChI=1S/C15H20N4OS/c1-10(2)11(3)18-14(20)13-6-4-12(5-7-13)8-21-15-16-9-17-19-15/h4-7,9-11H,8H2,1-3H3,(H,18,20)(H,16,17,19). The molecule has 0 aliphatic heterocycles. The van der Waals surface area contributed by atoms with Crippen molar-refractivity contribution >= 4 is 17.7 Å². The molecule has 1 heterocycles. The van der Waals surface area contributed by atoms with Crippen molar-refractivity contribution < 1.29 is 4.79 Å². The van der Waals surface area contributed by atoms with Gasteiger partial charge in [-0.15, -0.1) is 0 Å². The van der Waals surface area contributed by atoms with E-state index in [9.17, 15) is 4.79 Å². The van der Waals surface area contributed by atoms with Crippen LogP contribution in [-0.2, 0) is 5.75 Å². The van der Waals surface area contributed by atoms with Gasteiger partial charge < -0.3 is 5.32 Å². The summed E-state index contributed by atoms with van der Waals surface area (Å²) in [4.78, 5) is 16.1. The van der Waals surface area contributed by atoms with E-state index in [1.165, 1.54) is 6.33 Å². The van der Waals surface area contributed by atoms with Crippen LogP contribution in [0.1, 0.15) is 36.7 Å². The highest BCUT2D eigenvalue weighted by atomic mass is 32.2. The normalized spacial score (nSPS) is 12.4. The Morgan fingerprint density at radius 1 is 1.29 bits per heavy atom. The summed E-state index contributed by atoms with van der Waals surface area (Å²) in [7, 11) is 0. The summed E-state index contributed by atoms with van der Waals surface area (Å²) in [6.07, 6.45) is 1.49. The average molecular weight is 304 g/mol. The zero-order chi connectivity index (χ0) is 15.2. The third-order valence-corrected chi connectivity index (χ3v) is 4.29. The Labute approximate surface area is 128 Å². The highest BCUT2D eigenvalue weighted by Gasteiger charge is 2.12. The van der Waals surface area contributed by atoms with Gasteiger partial charge in [0.05, 0.1) is 0 Å². The van der Waals surface area contributed by atoms with Gasteiger partial charge in [-0.1, -0.05) is 37.7 Å². The van der Waals surface area contributed by atoms with Crippen LogP contribution in [0.15, 0.2) is 35.7 Å². The van der Waals surface area contributed by atoms with Gasteiger partial charge in [-0.05, 0) is 30.5 Å². The Bertz CT molecular complexity index is 566. The third kappa shape index (κ3) is 4.60. The number of nitrogens with one attached hydrogen (secondary N) is 2. The molecule has 0 aliphatic rings. The van der Waals surface area contributed by atoms with Crippen molar-refractivity contribution in [3.8, 4) is 0 Å². The maximum atomic E-state index is 12.1. The van der Waals surface area contributed by atoms with Crippen molar-refractivity contribution in [1.29, 1.82) is 0 Å². The van der Waals surface area contributed by atoms with Gasteiger partial charge in [-0.2, -0.15) is 5.10 Å². The molecule has 21 heavy (non-hydrogen) atoms. The van der Waals surface area contributed by atoms with E-state index in [1.54, 1.807) is 11.8 Å². The van der Waals surface area contributed by atoms with Gasteiger partial charge in [0.15, 0.2) is 5.16 Å². The van der Waals surface area contributed by atoms with Gasteiger partial charge in [0.2, 0.25) is 0 Å². The molecule has 2 N–H and O–H groups in total. The molecule has 5 nitrogen and oxygen atoms in total.